The van der Waals surface area contributed by atoms with Crippen molar-refractivity contribution in [3.63, 3.8) is 0 Å². The van der Waals surface area contributed by atoms with Crippen LogP contribution in [-0.4, -0.2) is 7.05 Å². The van der Waals surface area contributed by atoms with E-state index in [2.05, 4.69) is 18.3 Å². The second-order valence-corrected chi connectivity index (χ2v) is 5.86. The van der Waals surface area contributed by atoms with E-state index in [0.29, 0.717) is 12.0 Å². The molecule has 0 bridgehead atoms. The Morgan fingerprint density at radius 3 is 2.67 bits per heavy atom. The first-order valence-electron chi connectivity index (χ1n) is 7.04. The van der Waals surface area contributed by atoms with Gasteiger partial charge in [-0.2, -0.15) is 0 Å². The first-order chi connectivity index (χ1) is 8.60. The molecule has 1 aromatic carbocycles. The molecule has 0 aliphatic heterocycles. The van der Waals surface area contributed by atoms with Crippen LogP contribution in [0.3, 0.4) is 0 Å². The van der Waals surface area contributed by atoms with Crippen LogP contribution in [-0.2, 0) is 0 Å². The van der Waals surface area contributed by atoms with E-state index in [1.807, 2.05) is 14.0 Å². The molecule has 1 saturated carbocycles. The highest BCUT2D eigenvalue weighted by molar-refractivity contribution is 5.27. The number of halogens is 1. The largest absolute Gasteiger partial charge is 0.313 e. The van der Waals surface area contributed by atoms with Gasteiger partial charge in [-0.05, 0) is 61.9 Å². The highest BCUT2D eigenvalue weighted by Crippen LogP contribution is 2.37. The van der Waals surface area contributed by atoms with Crippen LogP contribution in [0.15, 0.2) is 18.2 Å². The maximum Gasteiger partial charge on any atom is 0.123 e. The first-order valence-corrected chi connectivity index (χ1v) is 7.04. The zero-order chi connectivity index (χ0) is 13.1. The van der Waals surface area contributed by atoms with Crippen LogP contribution < -0.4 is 5.32 Å². The van der Waals surface area contributed by atoms with Gasteiger partial charge < -0.3 is 5.32 Å². The molecule has 1 aliphatic carbocycles. The third kappa shape index (κ3) is 3.11. The maximum atomic E-state index is 13.5. The Kier molecular flexibility index (Phi) is 4.39. The van der Waals surface area contributed by atoms with Gasteiger partial charge in [-0.15, -0.1) is 0 Å². The van der Waals surface area contributed by atoms with Crippen molar-refractivity contribution < 1.29 is 4.39 Å². The van der Waals surface area contributed by atoms with Gasteiger partial charge in [0.1, 0.15) is 5.82 Å². The molecular formula is C16H24FN. The van der Waals surface area contributed by atoms with E-state index in [9.17, 15) is 4.39 Å². The van der Waals surface area contributed by atoms with Crippen molar-refractivity contribution in [1.82, 2.24) is 5.32 Å². The van der Waals surface area contributed by atoms with Gasteiger partial charge in [0, 0.05) is 6.04 Å². The van der Waals surface area contributed by atoms with E-state index < -0.39 is 0 Å². The van der Waals surface area contributed by atoms with Gasteiger partial charge in [0.15, 0.2) is 0 Å². The summed E-state index contributed by atoms with van der Waals surface area (Å²) in [5.74, 6) is 1.32. The molecule has 3 unspecified atom stereocenters. The zero-order valence-electron chi connectivity index (χ0n) is 11.7. The van der Waals surface area contributed by atoms with Crippen molar-refractivity contribution in [2.24, 2.45) is 11.8 Å². The Morgan fingerprint density at radius 1 is 1.28 bits per heavy atom. The minimum atomic E-state index is -0.117. The van der Waals surface area contributed by atoms with Crippen LogP contribution in [0.5, 0.6) is 0 Å². The van der Waals surface area contributed by atoms with Crippen molar-refractivity contribution in [1.29, 1.82) is 0 Å². The molecule has 0 aromatic heterocycles. The van der Waals surface area contributed by atoms with Crippen LogP contribution in [0.2, 0.25) is 0 Å². The fourth-order valence-electron chi connectivity index (χ4n) is 3.40. The molecule has 0 spiro atoms. The highest BCUT2D eigenvalue weighted by Gasteiger charge is 2.27. The molecule has 1 fully saturated rings. The van der Waals surface area contributed by atoms with Gasteiger partial charge in [-0.25, -0.2) is 4.39 Å². The van der Waals surface area contributed by atoms with Gasteiger partial charge in [-0.3, -0.25) is 0 Å². The van der Waals surface area contributed by atoms with E-state index in [0.717, 1.165) is 17.0 Å². The van der Waals surface area contributed by atoms with Gasteiger partial charge in [0.05, 0.1) is 0 Å². The number of aryl methyl sites for hydroxylation is 1. The van der Waals surface area contributed by atoms with Crippen molar-refractivity contribution in [3.8, 4) is 0 Å². The molecule has 1 N–H and O–H groups in total. The summed E-state index contributed by atoms with van der Waals surface area (Å²) >= 11 is 0. The Morgan fingerprint density at radius 2 is 2.06 bits per heavy atom. The summed E-state index contributed by atoms with van der Waals surface area (Å²) in [6.07, 6.45) is 5.15. The minimum absolute atomic E-state index is 0.117. The monoisotopic (exact) mass is 249 g/mol. The summed E-state index contributed by atoms with van der Waals surface area (Å²) < 4.78 is 13.5. The molecule has 18 heavy (non-hydrogen) atoms. The predicted octanol–water partition coefficient (Wildman–Crippen LogP) is 4.22. The summed E-state index contributed by atoms with van der Waals surface area (Å²) in [5.41, 5.74) is 2.11. The standard InChI is InChI=1S/C16H24FN/c1-11-5-4-6-13(7-11)16(18-3)14-8-12(2)9-15(17)10-14/h8-11,13,16,18H,4-7H2,1-3H3. The average Bonchev–Trinajstić information content (AvgIpc) is 2.28. The number of rotatable bonds is 3. The molecule has 0 radical (unpaired) electrons. The molecule has 3 atom stereocenters. The smallest absolute Gasteiger partial charge is 0.123 e. The molecule has 0 saturated heterocycles. The molecule has 100 valence electrons. The lowest BCUT2D eigenvalue weighted by Crippen LogP contribution is -2.29. The van der Waals surface area contributed by atoms with Gasteiger partial charge in [0.25, 0.3) is 0 Å². The molecular weight excluding hydrogens is 225 g/mol. The lowest BCUT2D eigenvalue weighted by Gasteiger charge is -2.33. The molecule has 1 nitrogen and oxygen atoms in total. The van der Waals surface area contributed by atoms with Crippen LogP contribution in [0.1, 0.15) is 49.8 Å². The fraction of sp³-hybridized carbons (Fsp3) is 0.625. The lowest BCUT2D eigenvalue weighted by molar-refractivity contribution is 0.229. The normalized spacial score (nSPS) is 26.0. The summed E-state index contributed by atoms with van der Waals surface area (Å²) in [4.78, 5) is 0. The van der Waals surface area contributed by atoms with Crippen molar-refractivity contribution in [2.45, 2.75) is 45.6 Å². The summed E-state index contributed by atoms with van der Waals surface area (Å²) in [5, 5.41) is 3.40. The van der Waals surface area contributed by atoms with E-state index in [1.165, 1.54) is 25.7 Å². The van der Waals surface area contributed by atoms with Crippen molar-refractivity contribution in [3.05, 3.63) is 35.1 Å². The van der Waals surface area contributed by atoms with E-state index in [-0.39, 0.29) is 5.82 Å². The summed E-state index contributed by atoms with van der Waals surface area (Å²) in [7, 11) is 1.99. The predicted molar refractivity (Wildman–Crippen MR) is 74.1 cm³/mol. The molecule has 0 heterocycles. The summed E-state index contributed by atoms with van der Waals surface area (Å²) in [6.45, 7) is 4.29. The van der Waals surface area contributed by atoms with Crippen LogP contribution >= 0.6 is 0 Å². The minimum Gasteiger partial charge on any atom is -0.313 e. The number of nitrogens with one attached hydrogen (secondary N) is 1. The van der Waals surface area contributed by atoms with E-state index >= 15 is 0 Å². The second-order valence-electron chi connectivity index (χ2n) is 5.86. The maximum absolute atomic E-state index is 13.5. The lowest BCUT2D eigenvalue weighted by atomic mass is 9.76. The summed E-state index contributed by atoms with van der Waals surface area (Å²) in [6, 6.07) is 5.69. The Hall–Kier alpha value is -0.890. The van der Waals surface area contributed by atoms with Gasteiger partial charge in [-0.1, -0.05) is 25.8 Å². The molecule has 0 amide bonds. The third-order valence-electron chi connectivity index (χ3n) is 4.18. The highest BCUT2D eigenvalue weighted by atomic mass is 19.1. The van der Waals surface area contributed by atoms with E-state index in [1.54, 1.807) is 12.1 Å². The zero-order valence-corrected chi connectivity index (χ0v) is 11.7. The number of hydrogen-bond donors (Lipinski definition) is 1. The quantitative estimate of drug-likeness (QED) is 0.845. The van der Waals surface area contributed by atoms with Crippen molar-refractivity contribution >= 4 is 0 Å². The third-order valence-corrected chi connectivity index (χ3v) is 4.18. The molecule has 2 rings (SSSR count). The van der Waals surface area contributed by atoms with Crippen LogP contribution in [0.25, 0.3) is 0 Å². The van der Waals surface area contributed by atoms with Crippen LogP contribution in [0.4, 0.5) is 4.39 Å². The Balaban J connectivity index is 2.21. The Bertz CT molecular complexity index is 382. The number of benzene rings is 1. The molecule has 2 heteroatoms. The molecule has 1 aliphatic rings. The fourth-order valence-corrected chi connectivity index (χ4v) is 3.40. The SMILES string of the molecule is CNC(c1cc(C)cc(F)c1)C1CCCC(C)C1. The second kappa shape index (κ2) is 5.83. The topological polar surface area (TPSA) is 12.0 Å². The first kappa shape index (κ1) is 13.5. The van der Waals surface area contributed by atoms with Gasteiger partial charge >= 0.3 is 0 Å². The van der Waals surface area contributed by atoms with E-state index in [4.69, 9.17) is 0 Å². The Labute approximate surface area is 110 Å². The van der Waals surface area contributed by atoms with Gasteiger partial charge in [0.2, 0.25) is 0 Å². The number of hydrogen-bond acceptors (Lipinski definition) is 1. The average molecular weight is 249 g/mol. The van der Waals surface area contributed by atoms with Crippen molar-refractivity contribution in [2.75, 3.05) is 7.05 Å². The van der Waals surface area contributed by atoms with Crippen LogP contribution in [0, 0.1) is 24.6 Å². The molecule has 1 aromatic rings.